The number of hydrogen-bond donors (Lipinski definition) is 0. The Labute approximate surface area is 116 Å². The van der Waals surface area contributed by atoms with Crippen molar-refractivity contribution in [1.29, 1.82) is 0 Å². The summed E-state index contributed by atoms with van der Waals surface area (Å²) < 4.78 is 22.3. The molecule has 0 saturated carbocycles. The first-order chi connectivity index (χ1) is 9.46. The van der Waals surface area contributed by atoms with Gasteiger partial charge in [-0.1, -0.05) is 10.2 Å². The lowest BCUT2D eigenvalue weighted by atomic mass is 10.0. The molecule has 1 aliphatic heterocycles. The lowest BCUT2D eigenvalue weighted by Gasteiger charge is -2.51. The van der Waals surface area contributed by atoms with Gasteiger partial charge in [0.1, 0.15) is 0 Å². The van der Waals surface area contributed by atoms with Crippen molar-refractivity contribution in [2.75, 3.05) is 27.3 Å². The van der Waals surface area contributed by atoms with Crippen LogP contribution in [0.1, 0.15) is 13.8 Å². The fourth-order valence-electron chi connectivity index (χ4n) is 1.95. The summed E-state index contributed by atoms with van der Waals surface area (Å²) in [6.07, 6.45) is -1.21. The van der Waals surface area contributed by atoms with Gasteiger partial charge >= 0.3 is 0 Å². The second-order valence-corrected chi connectivity index (χ2v) is 4.44. The maximum atomic E-state index is 8.42. The van der Waals surface area contributed by atoms with Gasteiger partial charge in [0.15, 0.2) is 0 Å². The Bertz CT molecular complexity index is 395. The van der Waals surface area contributed by atoms with Gasteiger partial charge < -0.3 is 18.9 Å². The molecule has 0 radical (unpaired) electrons. The summed E-state index contributed by atoms with van der Waals surface area (Å²) in [7, 11) is 2.91. The minimum Gasteiger partial charge on any atom is -0.349 e. The zero-order chi connectivity index (χ0) is 15.2. The molecule has 0 spiro atoms. The van der Waals surface area contributed by atoms with E-state index in [1.165, 1.54) is 14.2 Å². The molecule has 0 amide bonds. The maximum Gasteiger partial charge on any atom is 0.220 e. The van der Waals surface area contributed by atoms with Crippen molar-refractivity contribution in [3.8, 4) is 0 Å². The van der Waals surface area contributed by atoms with Crippen LogP contribution in [0.2, 0.25) is 0 Å². The van der Waals surface area contributed by atoms with Crippen molar-refractivity contribution in [1.82, 2.24) is 0 Å². The minimum absolute atomic E-state index is 0.0286. The van der Waals surface area contributed by atoms with E-state index in [0.717, 1.165) is 0 Å². The number of methoxy groups -OCH3 is 2. The van der Waals surface area contributed by atoms with E-state index in [-0.39, 0.29) is 13.1 Å². The standard InChI is InChI=1S/C10H18N6O4/c1-9(17-3)10(2,18-4)20-8(6-14-16-12)7(19-9)5-13-15-11/h7-8H,5-6H2,1-4H3/t7-,8+,9-,10?/m1/s1. The molecule has 1 rings (SSSR count). The van der Waals surface area contributed by atoms with Crippen molar-refractivity contribution in [3.63, 3.8) is 0 Å². The number of ether oxygens (including phenoxy) is 4. The number of hydrogen-bond acceptors (Lipinski definition) is 6. The number of rotatable bonds is 6. The average Bonchev–Trinajstić information content (AvgIpc) is 2.46. The van der Waals surface area contributed by atoms with Crippen LogP contribution < -0.4 is 0 Å². The topological polar surface area (TPSA) is 134 Å². The highest BCUT2D eigenvalue weighted by Crippen LogP contribution is 2.39. The third-order valence-electron chi connectivity index (χ3n) is 3.42. The van der Waals surface area contributed by atoms with Gasteiger partial charge in [-0.05, 0) is 24.9 Å². The van der Waals surface area contributed by atoms with E-state index >= 15 is 0 Å². The van der Waals surface area contributed by atoms with E-state index in [1.54, 1.807) is 13.8 Å². The largest absolute Gasteiger partial charge is 0.349 e. The molecule has 0 aromatic carbocycles. The average molecular weight is 286 g/mol. The molecule has 10 nitrogen and oxygen atoms in total. The molecule has 0 aliphatic carbocycles. The van der Waals surface area contributed by atoms with Crippen LogP contribution in [0.3, 0.4) is 0 Å². The Morgan fingerprint density at radius 1 is 0.950 bits per heavy atom. The number of azide groups is 2. The van der Waals surface area contributed by atoms with Crippen molar-refractivity contribution in [2.45, 2.75) is 37.6 Å². The highest BCUT2D eigenvalue weighted by atomic mass is 16.8. The monoisotopic (exact) mass is 286 g/mol. The molecule has 1 heterocycles. The lowest BCUT2D eigenvalue weighted by Crippen LogP contribution is -2.66. The van der Waals surface area contributed by atoms with Gasteiger partial charge in [0, 0.05) is 24.0 Å². The molecule has 0 aromatic heterocycles. The molecule has 1 saturated heterocycles. The molecule has 1 aliphatic rings. The molecule has 10 heteroatoms. The first-order valence-electron chi connectivity index (χ1n) is 5.94. The summed E-state index contributed by atoms with van der Waals surface area (Å²) in [4.78, 5) is 5.38. The van der Waals surface area contributed by atoms with Gasteiger partial charge in [-0.25, -0.2) is 0 Å². The summed E-state index contributed by atoms with van der Waals surface area (Å²) in [5.41, 5.74) is 16.8. The van der Waals surface area contributed by atoms with Crippen molar-refractivity contribution < 1.29 is 18.9 Å². The summed E-state index contributed by atoms with van der Waals surface area (Å²) >= 11 is 0. The van der Waals surface area contributed by atoms with Gasteiger partial charge in [-0.2, -0.15) is 0 Å². The van der Waals surface area contributed by atoms with E-state index < -0.39 is 23.8 Å². The summed E-state index contributed by atoms with van der Waals surface area (Å²) in [5, 5.41) is 6.94. The third kappa shape index (κ3) is 3.13. The van der Waals surface area contributed by atoms with Crippen LogP contribution in [0.25, 0.3) is 20.9 Å². The van der Waals surface area contributed by atoms with Crippen LogP contribution in [-0.4, -0.2) is 51.1 Å². The molecular weight excluding hydrogens is 268 g/mol. The molecular formula is C10H18N6O4. The van der Waals surface area contributed by atoms with Gasteiger partial charge in [0.2, 0.25) is 11.6 Å². The smallest absolute Gasteiger partial charge is 0.220 e. The molecule has 1 unspecified atom stereocenters. The van der Waals surface area contributed by atoms with Crippen LogP contribution in [0, 0.1) is 0 Å². The molecule has 112 valence electrons. The summed E-state index contributed by atoms with van der Waals surface area (Å²) in [6, 6.07) is 0. The third-order valence-corrected chi connectivity index (χ3v) is 3.42. The van der Waals surface area contributed by atoms with E-state index in [2.05, 4.69) is 20.1 Å². The van der Waals surface area contributed by atoms with Crippen molar-refractivity contribution >= 4 is 0 Å². The first kappa shape index (κ1) is 16.5. The fourth-order valence-corrected chi connectivity index (χ4v) is 1.95. The maximum absolute atomic E-state index is 8.42. The second-order valence-electron chi connectivity index (χ2n) is 4.44. The Morgan fingerprint density at radius 3 is 1.55 bits per heavy atom. The van der Waals surface area contributed by atoms with Gasteiger partial charge in [0.25, 0.3) is 0 Å². The Kier molecular flexibility index (Phi) is 5.58. The molecule has 1 fully saturated rings. The van der Waals surface area contributed by atoms with Crippen LogP contribution in [0.5, 0.6) is 0 Å². The zero-order valence-corrected chi connectivity index (χ0v) is 11.9. The summed E-state index contributed by atoms with van der Waals surface area (Å²) in [6.45, 7) is 3.37. The van der Waals surface area contributed by atoms with Crippen molar-refractivity contribution in [3.05, 3.63) is 20.9 Å². The zero-order valence-electron chi connectivity index (χ0n) is 11.9. The van der Waals surface area contributed by atoms with Crippen LogP contribution >= 0.6 is 0 Å². The van der Waals surface area contributed by atoms with Gasteiger partial charge in [-0.3, -0.25) is 0 Å². The minimum atomic E-state index is -1.19. The highest BCUT2D eigenvalue weighted by molar-refractivity contribution is 4.92. The summed E-state index contributed by atoms with van der Waals surface area (Å²) in [5.74, 6) is -2.38. The predicted molar refractivity (Wildman–Crippen MR) is 68.6 cm³/mol. The van der Waals surface area contributed by atoms with E-state index in [1.807, 2.05) is 0 Å². The highest BCUT2D eigenvalue weighted by Gasteiger charge is 2.56. The fraction of sp³-hybridized carbons (Fsp3) is 1.00. The Balaban J connectivity index is 3.03. The van der Waals surface area contributed by atoms with E-state index in [9.17, 15) is 0 Å². The Hall–Kier alpha value is -1.54. The molecule has 20 heavy (non-hydrogen) atoms. The first-order valence-corrected chi connectivity index (χ1v) is 5.94. The van der Waals surface area contributed by atoms with Crippen LogP contribution in [0.4, 0.5) is 0 Å². The predicted octanol–water partition coefficient (Wildman–Crippen LogP) is 2.12. The van der Waals surface area contributed by atoms with E-state index in [4.69, 9.17) is 30.0 Å². The normalized spacial score (nSPS) is 36.8. The molecule has 4 atom stereocenters. The SMILES string of the molecule is COC1(C)O[C@@H](CN=[N+]=[N-])[C@@H](CN=[N+]=[N-])O[C@@]1(C)OC. The Morgan fingerprint density at radius 2 is 1.30 bits per heavy atom. The molecule has 0 aromatic rings. The van der Waals surface area contributed by atoms with Crippen molar-refractivity contribution in [2.24, 2.45) is 10.2 Å². The number of nitrogens with zero attached hydrogens (tertiary/aromatic N) is 6. The van der Waals surface area contributed by atoms with Gasteiger partial charge in [0.05, 0.1) is 25.3 Å². The van der Waals surface area contributed by atoms with Crippen LogP contribution in [-0.2, 0) is 18.9 Å². The van der Waals surface area contributed by atoms with Crippen LogP contribution in [0.15, 0.2) is 10.2 Å². The molecule has 0 bridgehead atoms. The second kappa shape index (κ2) is 6.76. The quantitative estimate of drug-likeness (QED) is 0.419. The molecule has 0 N–H and O–H groups in total. The van der Waals surface area contributed by atoms with Gasteiger partial charge in [-0.15, -0.1) is 0 Å². The lowest BCUT2D eigenvalue weighted by molar-refractivity contribution is -0.445. The van der Waals surface area contributed by atoms with E-state index in [0.29, 0.717) is 0 Å².